The molecule has 6 nitrogen and oxygen atoms in total. The van der Waals surface area contributed by atoms with Crippen molar-refractivity contribution in [3.63, 3.8) is 0 Å². The smallest absolute Gasteiger partial charge is 0.338 e. The second-order valence-electron chi connectivity index (χ2n) is 5.44. The quantitative estimate of drug-likeness (QED) is 0.615. The van der Waals surface area contributed by atoms with Crippen LogP contribution in [0.25, 0.3) is 11.1 Å². The van der Waals surface area contributed by atoms with Gasteiger partial charge in [0.2, 0.25) is 0 Å². The van der Waals surface area contributed by atoms with Crippen LogP contribution in [0.1, 0.15) is 40.5 Å². The molecule has 0 aromatic heterocycles. The zero-order chi connectivity index (χ0) is 18.4. The first kappa shape index (κ1) is 18.3. The summed E-state index contributed by atoms with van der Waals surface area (Å²) in [5.74, 6) is -1.36. The van der Waals surface area contributed by atoms with Crippen molar-refractivity contribution in [3.8, 4) is 22.6 Å². The highest BCUT2D eigenvalue weighted by Crippen LogP contribution is 2.33. The van der Waals surface area contributed by atoms with Crippen LogP contribution in [-0.4, -0.2) is 35.9 Å². The summed E-state index contributed by atoms with van der Waals surface area (Å²) in [5, 5.41) is 19.6. The second-order valence-corrected chi connectivity index (χ2v) is 5.44. The van der Waals surface area contributed by atoms with Gasteiger partial charge in [0.1, 0.15) is 11.5 Å². The van der Waals surface area contributed by atoms with Crippen LogP contribution in [0.2, 0.25) is 0 Å². The van der Waals surface area contributed by atoms with Gasteiger partial charge in [0.05, 0.1) is 24.8 Å². The van der Waals surface area contributed by atoms with Crippen molar-refractivity contribution < 1.29 is 29.3 Å². The normalized spacial score (nSPS) is 10.3. The van der Waals surface area contributed by atoms with E-state index in [1.807, 2.05) is 6.92 Å². The zero-order valence-corrected chi connectivity index (χ0v) is 14.1. The van der Waals surface area contributed by atoms with Crippen LogP contribution >= 0.6 is 0 Å². The van der Waals surface area contributed by atoms with Gasteiger partial charge in [0, 0.05) is 11.1 Å². The summed E-state index contributed by atoms with van der Waals surface area (Å²) in [5.41, 5.74) is 0.890. The van der Waals surface area contributed by atoms with E-state index < -0.39 is 11.9 Å². The molecule has 0 saturated heterocycles. The summed E-state index contributed by atoms with van der Waals surface area (Å²) in [7, 11) is 1.24. The molecule has 6 heteroatoms. The van der Waals surface area contributed by atoms with Crippen LogP contribution in [0.5, 0.6) is 11.5 Å². The van der Waals surface area contributed by atoms with Crippen LogP contribution in [0.3, 0.4) is 0 Å². The lowest BCUT2D eigenvalue weighted by atomic mass is 9.94. The van der Waals surface area contributed by atoms with Gasteiger partial charge in [-0.05, 0) is 42.8 Å². The number of benzene rings is 2. The van der Waals surface area contributed by atoms with Crippen molar-refractivity contribution in [3.05, 3.63) is 47.5 Å². The van der Waals surface area contributed by atoms with E-state index in [1.54, 1.807) is 0 Å². The number of hydrogen-bond donors (Lipinski definition) is 2. The predicted octanol–water partition coefficient (Wildman–Crippen LogP) is 3.51. The van der Waals surface area contributed by atoms with Gasteiger partial charge >= 0.3 is 11.9 Å². The fourth-order valence-electron chi connectivity index (χ4n) is 2.36. The molecule has 0 aliphatic heterocycles. The van der Waals surface area contributed by atoms with Gasteiger partial charge in [-0.2, -0.15) is 0 Å². The molecule has 0 aliphatic carbocycles. The molecule has 132 valence electrons. The Morgan fingerprint density at radius 2 is 1.44 bits per heavy atom. The van der Waals surface area contributed by atoms with Gasteiger partial charge in [-0.25, -0.2) is 9.59 Å². The van der Waals surface area contributed by atoms with Gasteiger partial charge in [0.15, 0.2) is 0 Å². The molecule has 0 unspecified atom stereocenters. The molecule has 0 fully saturated rings. The Bertz CT molecular complexity index is 781. The Hall–Kier alpha value is -3.02. The van der Waals surface area contributed by atoms with Gasteiger partial charge in [-0.1, -0.05) is 13.3 Å². The second kappa shape index (κ2) is 8.19. The Kier molecular flexibility index (Phi) is 6.00. The van der Waals surface area contributed by atoms with E-state index in [-0.39, 0.29) is 40.4 Å². The van der Waals surface area contributed by atoms with E-state index in [4.69, 9.17) is 9.47 Å². The Morgan fingerprint density at radius 1 is 0.920 bits per heavy atom. The molecule has 2 N–H and O–H groups in total. The van der Waals surface area contributed by atoms with Gasteiger partial charge < -0.3 is 19.7 Å². The first-order valence-electron chi connectivity index (χ1n) is 7.89. The fraction of sp³-hybridized carbons (Fsp3) is 0.263. The molecule has 0 amide bonds. The number of carbonyl (C=O) groups excluding carboxylic acids is 2. The number of methoxy groups -OCH3 is 1. The van der Waals surface area contributed by atoms with E-state index in [0.717, 1.165) is 12.8 Å². The molecule has 2 aromatic rings. The molecule has 2 rings (SSSR count). The molecule has 2 aromatic carbocycles. The van der Waals surface area contributed by atoms with E-state index in [1.165, 1.54) is 43.5 Å². The minimum Gasteiger partial charge on any atom is -0.508 e. The molecule has 0 spiro atoms. The summed E-state index contributed by atoms with van der Waals surface area (Å²) in [6.07, 6.45) is 1.62. The Labute approximate surface area is 145 Å². The number of aromatic hydroxyl groups is 2. The number of phenols is 2. The highest BCUT2D eigenvalue weighted by Gasteiger charge is 2.21. The molecule has 25 heavy (non-hydrogen) atoms. The van der Waals surface area contributed by atoms with Crippen molar-refractivity contribution in [2.75, 3.05) is 13.7 Å². The molecule has 0 aliphatic rings. The first-order chi connectivity index (χ1) is 12.0. The Balaban J connectivity index is 2.55. The first-order valence-corrected chi connectivity index (χ1v) is 7.89. The lowest BCUT2D eigenvalue weighted by Gasteiger charge is -2.13. The third-order valence-corrected chi connectivity index (χ3v) is 3.65. The number of esters is 2. The maximum atomic E-state index is 12.4. The molecular formula is C19H20O6. The topological polar surface area (TPSA) is 93.1 Å². The average molecular weight is 344 g/mol. The lowest BCUT2D eigenvalue weighted by Crippen LogP contribution is -2.10. The third kappa shape index (κ3) is 4.29. The molecule has 0 radical (unpaired) electrons. The fourth-order valence-corrected chi connectivity index (χ4v) is 2.36. The number of phenolic OH excluding ortho intramolecular Hbond substituents is 2. The van der Waals surface area contributed by atoms with Crippen LogP contribution in [0, 0.1) is 0 Å². The summed E-state index contributed by atoms with van der Waals surface area (Å²) >= 11 is 0. The maximum Gasteiger partial charge on any atom is 0.338 e. The van der Waals surface area contributed by atoms with Crippen molar-refractivity contribution in [2.45, 2.75) is 19.8 Å². The molecule has 0 heterocycles. The summed E-state index contributed by atoms with van der Waals surface area (Å²) in [6, 6.07) is 8.20. The maximum absolute atomic E-state index is 12.4. The summed E-state index contributed by atoms with van der Waals surface area (Å²) < 4.78 is 9.98. The molecule has 0 atom stereocenters. The van der Waals surface area contributed by atoms with Gasteiger partial charge in [-0.3, -0.25) is 0 Å². The SMILES string of the molecule is CCCCOC(=O)c1ccc(O)cc1-c1cc(O)ccc1C(=O)OC. The number of unbranched alkanes of at least 4 members (excludes halogenated alkanes) is 1. The molecule has 0 saturated carbocycles. The number of rotatable bonds is 6. The molecular weight excluding hydrogens is 324 g/mol. The zero-order valence-electron chi connectivity index (χ0n) is 14.1. The largest absolute Gasteiger partial charge is 0.508 e. The highest BCUT2D eigenvalue weighted by atomic mass is 16.5. The van der Waals surface area contributed by atoms with E-state index in [0.29, 0.717) is 0 Å². The minimum absolute atomic E-state index is 0.0840. The minimum atomic E-state index is -0.622. The Morgan fingerprint density at radius 3 is 1.92 bits per heavy atom. The van der Waals surface area contributed by atoms with E-state index in [9.17, 15) is 19.8 Å². The monoisotopic (exact) mass is 344 g/mol. The number of ether oxygens (including phenoxy) is 2. The summed E-state index contributed by atoms with van der Waals surface area (Å²) in [4.78, 5) is 24.4. The molecule has 0 bridgehead atoms. The van der Waals surface area contributed by atoms with Crippen molar-refractivity contribution in [1.29, 1.82) is 0 Å². The van der Waals surface area contributed by atoms with E-state index in [2.05, 4.69) is 0 Å². The standard InChI is InChI=1S/C19H20O6/c1-3-4-9-25-19(23)15-8-6-13(21)11-17(15)16-10-12(20)5-7-14(16)18(22)24-2/h5-8,10-11,20-21H,3-4,9H2,1-2H3. The highest BCUT2D eigenvalue weighted by molar-refractivity contribution is 6.03. The van der Waals surface area contributed by atoms with Crippen molar-refractivity contribution in [2.24, 2.45) is 0 Å². The lowest BCUT2D eigenvalue weighted by molar-refractivity contribution is 0.0499. The summed E-state index contributed by atoms with van der Waals surface area (Å²) in [6.45, 7) is 2.26. The van der Waals surface area contributed by atoms with Crippen LogP contribution in [0.15, 0.2) is 36.4 Å². The van der Waals surface area contributed by atoms with Gasteiger partial charge in [-0.15, -0.1) is 0 Å². The van der Waals surface area contributed by atoms with Gasteiger partial charge in [0.25, 0.3) is 0 Å². The average Bonchev–Trinajstić information content (AvgIpc) is 2.61. The van der Waals surface area contributed by atoms with Crippen LogP contribution in [0.4, 0.5) is 0 Å². The van der Waals surface area contributed by atoms with E-state index >= 15 is 0 Å². The van der Waals surface area contributed by atoms with Crippen LogP contribution in [-0.2, 0) is 9.47 Å². The van der Waals surface area contributed by atoms with Crippen molar-refractivity contribution in [1.82, 2.24) is 0 Å². The third-order valence-electron chi connectivity index (χ3n) is 3.65. The van der Waals surface area contributed by atoms with Crippen molar-refractivity contribution >= 4 is 11.9 Å². The predicted molar refractivity (Wildman–Crippen MR) is 91.7 cm³/mol. The van der Waals surface area contributed by atoms with Crippen LogP contribution < -0.4 is 0 Å². The number of carbonyl (C=O) groups is 2. The number of hydrogen-bond acceptors (Lipinski definition) is 6.